The van der Waals surface area contributed by atoms with Crippen molar-refractivity contribution in [3.8, 4) is 11.3 Å². The lowest BCUT2D eigenvalue weighted by atomic mass is 10.2. The minimum atomic E-state index is 0.642. The molecule has 0 bridgehead atoms. The molecule has 0 spiro atoms. The standard InChI is InChI=1S/C14H9BrCl2N2/c1-8-4-14-18-13(7-19(14)6-11(8)15)10-5-9(16)2-3-12(10)17/h2-7H,1H3. The minimum absolute atomic E-state index is 0.642. The number of nitrogens with zero attached hydrogens (tertiary/aromatic N) is 2. The molecule has 3 rings (SSSR count). The van der Waals surface area contributed by atoms with Crippen LogP contribution in [0.25, 0.3) is 16.9 Å². The third-order valence-electron chi connectivity index (χ3n) is 2.94. The molecule has 0 atom stereocenters. The highest BCUT2D eigenvalue weighted by Crippen LogP contribution is 2.30. The van der Waals surface area contributed by atoms with E-state index >= 15 is 0 Å². The number of halogens is 3. The van der Waals surface area contributed by atoms with E-state index in [4.69, 9.17) is 23.2 Å². The molecule has 0 aliphatic rings. The van der Waals surface area contributed by atoms with Crippen LogP contribution in [0.2, 0.25) is 10.0 Å². The molecule has 5 heteroatoms. The van der Waals surface area contributed by atoms with Crippen molar-refractivity contribution in [2.45, 2.75) is 6.92 Å². The Labute approximate surface area is 129 Å². The van der Waals surface area contributed by atoms with Gasteiger partial charge in [-0.3, -0.25) is 0 Å². The second-order valence-electron chi connectivity index (χ2n) is 4.32. The van der Waals surface area contributed by atoms with E-state index in [1.54, 1.807) is 12.1 Å². The van der Waals surface area contributed by atoms with Gasteiger partial charge in [0.15, 0.2) is 0 Å². The first-order valence-electron chi connectivity index (χ1n) is 5.65. The van der Waals surface area contributed by atoms with Crippen LogP contribution in [0.1, 0.15) is 5.56 Å². The third-order valence-corrected chi connectivity index (χ3v) is 4.33. The highest BCUT2D eigenvalue weighted by molar-refractivity contribution is 9.10. The molecule has 0 radical (unpaired) electrons. The predicted molar refractivity (Wildman–Crippen MR) is 83.1 cm³/mol. The molecule has 0 amide bonds. The normalized spacial score (nSPS) is 11.2. The number of fused-ring (bicyclic) bond motifs is 1. The van der Waals surface area contributed by atoms with E-state index in [0.29, 0.717) is 10.0 Å². The highest BCUT2D eigenvalue weighted by atomic mass is 79.9. The van der Waals surface area contributed by atoms with Crippen LogP contribution in [0.3, 0.4) is 0 Å². The van der Waals surface area contributed by atoms with E-state index in [0.717, 1.165) is 26.9 Å². The molecular formula is C14H9BrCl2N2. The number of hydrogen-bond acceptors (Lipinski definition) is 1. The topological polar surface area (TPSA) is 17.3 Å². The van der Waals surface area contributed by atoms with E-state index in [1.807, 2.05) is 35.9 Å². The summed E-state index contributed by atoms with van der Waals surface area (Å²) in [5, 5.41) is 1.29. The van der Waals surface area contributed by atoms with Crippen LogP contribution in [0.15, 0.2) is 41.1 Å². The van der Waals surface area contributed by atoms with Crippen LogP contribution in [0.4, 0.5) is 0 Å². The summed E-state index contributed by atoms with van der Waals surface area (Å²) in [7, 11) is 0. The lowest BCUT2D eigenvalue weighted by Gasteiger charge is -2.00. The molecule has 19 heavy (non-hydrogen) atoms. The lowest BCUT2D eigenvalue weighted by molar-refractivity contribution is 1.16. The van der Waals surface area contributed by atoms with E-state index in [1.165, 1.54) is 0 Å². The molecule has 3 aromatic rings. The van der Waals surface area contributed by atoms with Crippen molar-refractivity contribution in [2.24, 2.45) is 0 Å². The van der Waals surface area contributed by atoms with Gasteiger partial charge in [-0.15, -0.1) is 0 Å². The molecular weight excluding hydrogens is 347 g/mol. The first kappa shape index (κ1) is 13.0. The number of rotatable bonds is 1. The summed E-state index contributed by atoms with van der Waals surface area (Å²) in [4.78, 5) is 4.59. The van der Waals surface area contributed by atoms with E-state index in [2.05, 4.69) is 20.9 Å². The van der Waals surface area contributed by atoms with E-state index < -0.39 is 0 Å². The van der Waals surface area contributed by atoms with Crippen molar-refractivity contribution < 1.29 is 0 Å². The second kappa shape index (κ2) is 4.82. The number of benzene rings is 1. The van der Waals surface area contributed by atoms with Crippen molar-refractivity contribution in [1.82, 2.24) is 9.38 Å². The molecule has 0 aliphatic carbocycles. The average molecular weight is 356 g/mol. The summed E-state index contributed by atoms with van der Waals surface area (Å²) in [6.45, 7) is 2.03. The van der Waals surface area contributed by atoms with E-state index in [-0.39, 0.29) is 0 Å². The summed E-state index contributed by atoms with van der Waals surface area (Å²) in [5.74, 6) is 0. The summed E-state index contributed by atoms with van der Waals surface area (Å²) < 4.78 is 3.00. The fourth-order valence-corrected chi connectivity index (χ4v) is 2.65. The summed E-state index contributed by atoms with van der Waals surface area (Å²) in [6.07, 6.45) is 3.93. The van der Waals surface area contributed by atoms with Gasteiger partial charge in [-0.05, 0) is 52.7 Å². The molecule has 1 aromatic carbocycles. The average Bonchev–Trinajstić information content (AvgIpc) is 2.75. The Bertz CT molecular complexity index is 741. The van der Waals surface area contributed by atoms with Gasteiger partial charge in [0, 0.05) is 27.5 Å². The first-order valence-corrected chi connectivity index (χ1v) is 7.20. The molecule has 0 N–H and O–H groups in total. The van der Waals surface area contributed by atoms with Crippen LogP contribution in [0.5, 0.6) is 0 Å². The van der Waals surface area contributed by atoms with Gasteiger partial charge in [-0.25, -0.2) is 4.98 Å². The molecule has 2 nitrogen and oxygen atoms in total. The number of aromatic nitrogens is 2. The number of hydrogen-bond donors (Lipinski definition) is 0. The Balaban J connectivity index is 2.23. The molecule has 0 saturated heterocycles. The molecule has 0 unspecified atom stereocenters. The maximum Gasteiger partial charge on any atom is 0.137 e. The molecule has 2 aromatic heterocycles. The summed E-state index contributed by atoms with van der Waals surface area (Å²) >= 11 is 15.7. The van der Waals surface area contributed by atoms with Gasteiger partial charge in [-0.1, -0.05) is 23.2 Å². The molecule has 0 aliphatic heterocycles. The fraction of sp³-hybridized carbons (Fsp3) is 0.0714. The summed E-state index contributed by atoms with van der Waals surface area (Å²) in [6, 6.07) is 7.40. The predicted octanol–water partition coefficient (Wildman–Crippen LogP) is 5.38. The maximum absolute atomic E-state index is 6.20. The molecule has 0 fully saturated rings. The highest BCUT2D eigenvalue weighted by Gasteiger charge is 2.10. The number of pyridine rings is 1. The van der Waals surface area contributed by atoms with Gasteiger partial charge >= 0.3 is 0 Å². The molecule has 96 valence electrons. The zero-order valence-electron chi connectivity index (χ0n) is 9.99. The van der Waals surface area contributed by atoms with Gasteiger partial charge in [0.1, 0.15) is 5.65 Å². The quantitative estimate of drug-likeness (QED) is 0.572. The van der Waals surface area contributed by atoms with Crippen molar-refractivity contribution in [2.75, 3.05) is 0 Å². The van der Waals surface area contributed by atoms with Crippen LogP contribution in [-0.2, 0) is 0 Å². The van der Waals surface area contributed by atoms with Gasteiger partial charge in [0.2, 0.25) is 0 Å². The maximum atomic E-state index is 6.20. The van der Waals surface area contributed by atoms with Gasteiger partial charge in [0.05, 0.1) is 10.7 Å². The fourth-order valence-electron chi connectivity index (χ4n) is 1.93. The van der Waals surface area contributed by atoms with Crippen molar-refractivity contribution >= 4 is 44.8 Å². The monoisotopic (exact) mass is 354 g/mol. The third kappa shape index (κ3) is 2.38. The Morgan fingerprint density at radius 2 is 1.95 bits per heavy atom. The minimum Gasteiger partial charge on any atom is -0.305 e. The second-order valence-corrected chi connectivity index (χ2v) is 6.02. The van der Waals surface area contributed by atoms with Crippen LogP contribution in [-0.4, -0.2) is 9.38 Å². The Morgan fingerprint density at radius 3 is 2.74 bits per heavy atom. The lowest BCUT2D eigenvalue weighted by Crippen LogP contribution is -1.85. The van der Waals surface area contributed by atoms with Gasteiger partial charge < -0.3 is 4.40 Å². The Morgan fingerprint density at radius 1 is 1.16 bits per heavy atom. The molecule has 0 saturated carbocycles. The number of imidazole rings is 1. The van der Waals surface area contributed by atoms with Crippen molar-refractivity contribution in [3.63, 3.8) is 0 Å². The first-order chi connectivity index (χ1) is 9.04. The zero-order chi connectivity index (χ0) is 13.6. The number of aryl methyl sites for hydroxylation is 1. The smallest absolute Gasteiger partial charge is 0.137 e. The Hall–Kier alpha value is -1.03. The zero-order valence-corrected chi connectivity index (χ0v) is 13.1. The van der Waals surface area contributed by atoms with Crippen molar-refractivity contribution in [3.05, 3.63) is 56.7 Å². The molecule has 2 heterocycles. The SMILES string of the molecule is Cc1cc2nc(-c3cc(Cl)ccc3Cl)cn2cc1Br. The largest absolute Gasteiger partial charge is 0.305 e. The Kier molecular flexibility index (Phi) is 3.29. The van der Waals surface area contributed by atoms with Crippen LogP contribution in [0, 0.1) is 6.92 Å². The van der Waals surface area contributed by atoms with E-state index in [9.17, 15) is 0 Å². The van der Waals surface area contributed by atoms with Gasteiger partial charge in [0.25, 0.3) is 0 Å². The van der Waals surface area contributed by atoms with Crippen LogP contribution >= 0.6 is 39.1 Å². The van der Waals surface area contributed by atoms with Crippen LogP contribution < -0.4 is 0 Å². The van der Waals surface area contributed by atoms with Crippen molar-refractivity contribution in [1.29, 1.82) is 0 Å². The van der Waals surface area contributed by atoms with Gasteiger partial charge in [-0.2, -0.15) is 0 Å². The summed E-state index contributed by atoms with van der Waals surface area (Å²) in [5.41, 5.74) is 3.67.